The molecule has 2 aromatic carbocycles. The maximum atomic E-state index is 12.9. The molecule has 0 bridgehead atoms. The van der Waals surface area contributed by atoms with Crippen LogP contribution in [0.3, 0.4) is 0 Å². The van der Waals surface area contributed by atoms with E-state index in [0.29, 0.717) is 22.6 Å². The first kappa shape index (κ1) is 20.1. The molecule has 0 saturated heterocycles. The van der Waals surface area contributed by atoms with Gasteiger partial charge in [-0.05, 0) is 37.3 Å². The molecule has 1 amide bonds. The van der Waals surface area contributed by atoms with Crippen LogP contribution in [0, 0.1) is 29.6 Å². The van der Waals surface area contributed by atoms with E-state index < -0.39 is 17.2 Å². The molecule has 0 saturated carbocycles. The van der Waals surface area contributed by atoms with E-state index >= 15 is 0 Å². The van der Waals surface area contributed by atoms with Crippen LogP contribution >= 0.6 is 0 Å². The summed E-state index contributed by atoms with van der Waals surface area (Å²) in [5.41, 5.74) is 3.74. The maximum absolute atomic E-state index is 12.9. The lowest BCUT2D eigenvalue weighted by Crippen LogP contribution is -2.27. The van der Waals surface area contributed by atoms with Gasteiger partial charge in [0.25, 0.3) is 11.5 Å². The van der Waals surface area contributed by atoms with Gasteiger partial charge in [0.05, 0.1) is 28.7 Å². The monoisotopic (exact) mass is 399 g/mol. The molecule has 0 atom stereocenters. The number of para-hydroxylation sites is 1. The Morgan fingerprint density at radius 2 is 1.83 bits per heavy atom. The quantitative estimate of drug-likeness (QED) is 0.502. The molecule has 0 radical (unpaired) electrons. The Balaban J connectivity index is 1.87. The van der Waals surface area contributed by atoms with Crippen molar-refractivity contribution < 1.29 is 4.79 Å². The van der Waals surface area contributed by atoms with Gasteiger partial charge in [0, 0.05) is 7.05 Å². The first-order chi connectivity index (χ1) is 14.5. The minimum absolute atomic E-state index is 0.0563. The highest BCUT2D eigenvalue weighted by Gasteiger charge is 2.20. The lowest BCUT2D eigenvalue weighted by Gasteiger charge is -2.07. The van der Waals surface area contributed by atoms with Gasteiger partial charge in [-0.1, -0.05) is 24.3 Å². The second-order valence-electron chi connectivity index (χ2n) is 6.27. The molecule has 3 rings (SSSR count). The third-order valence-corrected chi connectivity index (χ3v) is 4.40. The van der Waals surface area contributed by atoms with Gasteiger partial charge in [-0.2, -0.15) is 15.6 Å². The van der Waals surface area contributed by atoms with Crippen LogP contribution in [0.15, 0.2) is 64.5 Å². The highest BCUT2D eigenvalue weighted by Crippen LogP contribution is 2.14. The Morgan fingerprint density at radius 3 is 2.50 bits per heavy atom. The molecular weight excluding hydrogens is 382 g/mol. The molecule has 1 aromatic heterocycles. The standard InChI is InChI=1S/C21H17N7O2/c1-14-19(21(30)28(27(14)2)17-9-4-3-5-10-17)24-20(29)18(13-23)26-25-16-8-6-7-15(11-16)12-22/h3-11,25H,1-2H3,(H,24,29)/b26-18-. The number of nitriles is 2. The second-order valence-corrected chi connectivity index (χ2v) is 6.27. The van der Waals surface area contributed by atoms with Crippen LogP contribution in [-0.4, -0.2) is 21.0 Å². The summed E-state index contributed by atoms with van der Waals surface area (Å²) < 4.78 is 3.03. The van der Waals surface area contributed by atoms with Crippen LogP contribution in [-0.2, 0) is 11.8 Å². The lowest BCUT2D eigenvalue weighted by molar-refractivity contribution is -0.110. The van der Waals surface area contributed by atoms with Crippen LogP contribution in [0.2, 0.25) is 0 Å². The van der Waals surface area contributed by atoms with Gasteiger partial charge in [0.2, 0.25) is 5.71 Å². The highest BCUT2D eigenvalue weighted by molar-refractivity contribution is 6.48. The van der Waals surface area contributed by atoms with E-state index in [0.717, 1.165) is 0 Å². The molecule has 30 heavy (non-hydrogen) atoms. The number of benzene rings is 2. The number of nitrogens with one attached hydrogen (secondary N) is 2. The minimum Gasteiger partial charge on any atom is -0.314 e. The minimum atomic E-state index is -0.826. The van der Waals surface area contributed by atoms with Gasteiger partial charge in [-0.15, -0.1) is 0 Å². The van der Waals surface area contributed by atoms with Gasteiger partial charge < -0.3 is 5.32 Å². The molecule has 0 fully saturated rings. The largest absolute Gasteiger partial charge is 0.314 e. The number of carbonyl (C=O) groups is 1. The Labute approximate surface area is 172 Å². The van der Waals surface area contributed by atoms with Gasteiger partial charge >= 0.3 is 0 Å². The first-order valence-electron chi connectivity index (χ1n) is 8.85. The number of nitrogens with zero attached hydrogens (tertiary/aromatic N) is 5. The van der Waals surface area contributed by atoms with Crippen molar-refractivity contribution in [1.82, 2.24) is 9.36 Å². The average Bonchev–Trinajstić information content (AvgIpc) is 2.98. The molecule has 0 unspecified atom stereocenters. The van der Waals surface area contributed by atoms with E-state index in [4.69, 9.17) is 5.26 Å². The molecule has 148 valence electrons. The number of rotatable bonds is 5. The zero-order valence-electron chi connectivity index (χ0n) is 16.2. The summed E-state index contributed by atoms with van der Waals surface area (Å²) >= 11 is 0. The zero-order chi connectivity index (χ0) is 21.7. The van der Waals surface area contributed by atoms with Crippen molar-refractivity contribution >= 4 is 23.0 Å². The van der Waals surface area contributed by atoms with Crippen molar-refractivity contribution in [3.05, 3.63) is 76.2 Å². The lowest BCUT2D eigenvalue weighted by atomic mass is 10.2. The average molecular weight is 399 g/mol. The van der Waals surface area contributed by atoms with Gasteiger partial charge in [0.1, 0.15) is 11.8 Å². The van der Waals surface area contributed by atoms with Crippen molar-refractivity contribution in [3.8, 4) is 17.8 Å². The number of hydrogen-bond acceptors (Lipinski definition) is 6. The summed E-state index contributed by atoms with van der Waals surface area (Å²) in [5.74, 6) is -0.826. The van der Waals surface area contributed by atoms with Crippen LogP contribution in [0.5, 0.6) is 0 Å². The fraction of sp³-hybridized carbons (Fsp3) is 0.0952. The third-order valence-electron chi connectivity index (χ3n) is 4.40. The molecule has 1 heterocycles. The predicted octanol–water partition coefficient (Wildman–Crippen LogP) is 2.29. The molecule has 0 aliphatic rings. The summed E-state index contributed by atoms with van der Waals surface area (Å²) in [6, 6.07) is 19.1. The Kier molecular flexibility index (Phi) is 5.76. The van der Waals surface area contributed by atoms with Gasteiger partial charge in [-0.25, -0.2) is 4.68 Å². The highest BCUT2D eigenvalue weighted by atomic mass is 16.2. The van der Waals surface area contributed by atoms with Crippen molar-refractivity contribution in [1.29, 1.82) is 10.5 Å². The number of amides is 1. The number of aromatic nitrogens is 2. The Bertz CT molecular complexity index is 1270. The number of hydrazone groups is 1. The van der Waals surface area contributed by atoms with Crippen molar-refractivity contribution in [2.24, 2.45) is 12.1 Å². The number of carbonyl (C=O) groups excluding carboxylic acids is 1. The van der Waals surface area contributed by atoms with Crippen molar-refractivity contribution in [2.45, 2.75) is 6.92 Å². The summed E-state index contributed by atoms with van der Waals surface area (Å²) in [4.78, 5) is 25.4. The molecule has 2 N–H and O–H groups in total. The van der Waals surface area contributed by atoms with E-state index in [1.165, 1.54) is 10.7 Å². The van der Waals surface area contributed by atoms with Gasteiger partial charge in [0.15, 0.2) is 0 Å². The van der Waals surface area contributed by atoms with E-state index in [2.05, 4.69) is 15.8 Å². The van der Waals surface area contributed by atoms with E-state index in [9.17, 15) is 14.9 Å². The van der Waals surface area contributed by atoms with Crippen LogP contribution in [0.1, 0.15) is 11.3 Å². The van der Waals surface area contributed by atoms with Gasteiger partial charge in [-0.3, -0.25) is 19.7 Å². The zero-order valence-corrected chi connectivity index (χ0v) is 16.2. The van der Waals surface area contributed by atoms with E-state index in [1.807, 2.05) is 12.1 Å². The molecule has 0 aliphatic carbocycles. The summed E-state index contributed by atoms with van der Waals surface area (Å²) in [5, 5.41) is 24.5. The van der Waals surface area contributed by atoms with E-state index in [-0.39, 0.29) is 5.69 Å². The smallest absolute Gasteiger partial charge is 0.295 e. The summed E-state index contributed by atoms with van der Waals surface area (Å²) in [7, 11) is 1.70. The molecule has 9 heteroatoms. The van der Waals surface area contributed by atoms with E-state index in [1.54, 1.807) is 67.2 Å². The molecule has 0 aliphatic heterocycles. The van der Waals surface area contributed by atoms with Crippen LogP contribution < -0.4 is 16.3 Å². The maximum Gasteiger partial charge on any atom is 0.295 e. The summed E-state index contributed by atoms with van der Waals surface area (Å²) in [6.07, 6.45) is 0. The second kappa shape index (κ2) is 8.59. The number of hydrogen-bond donors (Lipinski definition) is 2. The Hall–Kier alpha value is -4.63. The number of anilines is 2. The fourth-order valence-electron chi connectivity index (χ4n) is 2.79. The molecule has 3 aromatic rings. The Morgan fingerprint density at radius 1 is 1.10 bits per heavy atom. The first-order valence-corrected chi connectivity index (χ1v) is 8.85. The topological polar surface area (TPSA) is 128 Å². The van der Waals surface area contributed by atoms with Crippen LogP contribution in [0.4, 0.5) is 11.4 Å². The molecular formula is C21H17N7O2. The SMILES string of the molecule is Cc1c(NC(=O)/C(C#N)=N\Nc2cccc(C#N)c2)c(=O)n(-c2ccccc2)n1C. The molecule has 9 nitrogen and oxygen atoms in total. The predicted molar refractivity (Wildman–Crippen MR) is 112 cm³/mol. The van der Waals surface area contributed by atoms with Crippen LogP contribution in [0.25, 0.3) is 5.69 Å². The van der Waals surface area contributed by atoms with Crippen molar-refractivity contribution in [3.63, 3.8) is 0 Å². The molecule has 0 spiro atoms. The fourth-order valence-corrected chi connectivity index (χ4v) is 2.79. The summed E-state index contributed by atoms with van der Waals surface area (Å²) in [6.45, 7) is 1.69. The normalized spacial score (nSPS) is 10.7. The van der Waals surface area contributed by atoms with Crippen molar-refractivity contribution in [2.75, 3.05) is 10.7 Å². The third kappa shape index (κ3) is 3.96.